The van der Waals surface area contributed by atoms with Crippen molar-refractivity contribution in [2.24, 2.45) is 0 Å². The van der Waals surface area contributed by atoms with Crippen LogP contribution in [0.5, 0.6) is 0 Å². The number of carbonyl (C=O) groups excluding carboxylic acids is 1. The molecule has 3 rings (SSSR count). The Morgan fingerprint density at radius 2 is 1.72 bits per heavy atom. The topological polar surface area (TPSA) is 64.0 Å². The maximum Gasteiger partial charge on any atom is 0.267 e. The third-order valence-corrected chi connectivity index (χ3v) is 3.89. The van der Waals surface area contributed by atoms with Crippen molar-refractivity contribution in [2.45, 2.75) is 13.5 Å². The molecule has 0 aliphatic carbocycles. The minimum absolute atomic E-state index is 0.166. The van der Waals surface area contributed by atoms with Gasteiger partial charge >= 0.3 is 0 Å². The summed E-state index contributed by atoms with van der Waals surface area (Å²) < 4.78 is 1.15. The van der Waals surface area contributed by atoms with E-state index in [1.807, 2.05) is 31.2 Å². The maximum absolute atomic E-state index is 12.2. The normalized spacial score (nSPS) is 10.5. The van der Waals surface area contributed by atoms with Crippen molar-refractivity contribution in [1.82, 2.24) is 9.78 Å². The first kappa shape index (κ1) is 16.9. The second-order valence-electron chi connectivity index (χ2n) is 5.64. The molecule has 1 heterocycles. The van der Waals surface area contributed by atoms with Crippen LogP contribution in [0.15, 0.2) is 65.5 Å². The average Bonchev–Trinajstić information content (AvgIpc) is 2.60. The molecule has 0 bridgehead atoms. The van der Waals surface area contributed by atoms with Crippen LogP contribution >= 0.6 is 11.6 Å². The highest BCUT2D eigenvalue weighted by atomic mass is 35.5. The highest BCUT2D eigenvalue weighted by Gasteiger charge is 2.08. The van der Waals surface area contributed by atoms with Crippen molar-refractivity contribution in [1.29, 1.82) is 0 Å². The molecule has 1 amide bonds. The Balaban J connectivity index is 1.78. The van der Waals surface area contributed by atoms with Gasteiger partial charge in [0.25, 0.3) is 5.56 Å². The molecule has 126 valence electrons. The van der Waals surface area contributed by atoms with Gasteiger partial charge in [-0.15, -0.1) is 0 Å². The van der Waals surface area contributed by atoms with Crippen LogP contribution in [-0.2, 0) is 11.3 Å². The number of carbonyl (C=O) groups is 1. The molecule has 0 fully saturated rings. The van der Waals surface area contributed by atoms with Gasteiger partial charge < -0.3 is 5.32 Å². The van der Waals surface area contributed by atoms with E-state index in [1.165, 1.54) is 6.07 Å². The summed E-state index contributed by atoms with van der Waals surface area (Å²) in [6.45, 7) is 1.83. The molecule has 0 aliphatic rings. The first-order valence-corrected chi connectivity index (χ1v) is 8.10. The Hall–Kier alpha value is -2.92. The molecule has 0 spiro atoms. The van der Waals surface area contributed by atoms with Gasteiger partial charge in [0.05, 0.1) is 5.69 Å². The smallest absolute Gasteiger partial charge is 0.267 e. The molecule has 6 heteroatoms. The van der Waals surface area contributed by atoms with Crippen LogP contribution in [0.25, 0.3) is 11.3 Å². The minimum Gasteiger partial charge on any atom is -0.324 e. The standard InChI is InChI=1S/C19H16ClN3O2/c1-13-2-4-14(5-3-13)17-10-11-19(25)23(22-17)12-18(24)21-16-8-6-15(20)7-9-16/h2-11H,12H2,1H3,(H,21,24). The van der Waals surface area contributed by atoms with Gasteiger partial charge in [-0.05, 0) is 37.3 Å². The lowest BCUT2D eigenvalue weighted by Crippen LogP contribution is -2.29. The van der Waals surface area contributed by atoms with Crippen LogP contribution in [0.2, 0.25) is 5.02 Å². The molecular formula is C19H16ClN3O2. The van der Waals surface area contributed by atoms with E-state index in [0.717, 1.165) is 15.8 Å². The fourth-order valence-corrected chi connectivity index (χ4v) is 2.44. The van der Waals surface area contributed by atoms with Gasteiger partial charge in [-0.1, -0.05) is 41.4 Å². The molecule has 0 radical (unpaired) electrons. The molecule has 1 N–H and O–H groups in total. The van der Waals surface area contributed by atoms with Crippen molar-refractivity contribution in [3.05, 3.63) is 81.6 Å². The van der Waals surface area contributed by atoms with Crippen molar-refractivity contribution in [2.75, 3.05) is 5.32 Å². The summed E-state index contributed by atoms with van der Waals surface area (Å²) in [5.74, 6) is -0.335. The Kier molecular flexibility index (Phi) is 4.95. The minimum atomic E-state index is -0.335. The zero-order valence-electron chi connectivity index (χ0n) is 13.6. The third kappa shape index (κ3) is 4.33. The predicted molar refractivity (Wildman–Crippen MR) is 98.8 cm³/mol. The number of anilines is 1. The second kappa shape index (κ2) is 7.32. The number of amides is 1. The number of hydrogen-bond acceptors (Lipinski definition) is 3. The summed E-state index contributed by atoms with van der Waals surface area (Å²) in [5, 5.41) is 7.59. The third-order valence-electron chi connectivity index (χ3n) is 3.64. The molecule has 3 aromatic rings. The Morgan fingerprint density at radius 3 is 2.40 bits per heavy atom. The number of hydrogen-bond donors (Lipinski definition) is 1. The number of benzene rings is 2. The lowest BCUT2D eigenvalue weighted by Gasteiger charge is -2.08. The predicted octanol–water partition coefficient (Wildman–Crippen LogP) is 3.51. The van der Waals surface area contributed by atoms with Crippen LogP contribution in [0.3, 0.4) is 0 Å². The van der Waals surface area contributed by atoms with Crippen molar-refractivity contribution >= 4 is 23.2 Å². The largest absolute Gasteiger partial charge is 0.324 e. The zero-order valence-corrected chi connectivity index (χ0v) is 14.3. The van der Waals surface area contributed by atoms with E-state index in [9.17, 15) is 9.59 Å². The van der Waals surface area contributed by atoms with Crippen LogP contribution in [0.1, 0.15) is 5.56 Å². The second-order valence-corrected chi connectivity index (χ2v) is 6.07. The lowest BCUT2D eigenvalue weighted by molar-refractivity contribution is -0.117. The number of aryl methyl sites for hydroxylation is 1. The van der Waals surface area contributed by atoms with Crippen molar-refractivity contribution in [3.63, 3.8) is 0 Å². The zero-order chi connectivity index (χ0) is 17.8. The van der Waals surface area contributed by atoms with Crippen LogP contribution < -0.4 is 10.9 Å². The van der Waals surface area contributed by atoms with Gasteiger partial charge in [-0.3, -0.25) is 9.59 Å². The summed E-state index contributed by atoms with van der Waals surface area (Å²) in [6.07, 6.45) is 0. The highest BCUT2D eigenvalue weighted by molar-refractivity contribution is 6.30. The van der Waals surface area contributed by atoms with Crippen molar-refractivity contribution in [3.8, 4) is 11.3 Å². The molecule has 1 aromatic heterocycles. The Labute approximate surface area is 149 Å². The first-order chi connectivity index (χ1) is 12.0. The molecule has 2 aromatic carbocycles. The number of nitrogens with one attached hydrogen (secondary N) is 1. The average molecular weight is 354 g/mol. The van der Waals surface area contributed by atoms with Gasteiger partial charge in [0.1, 0.15) is 6.54 Å². The molecule has 5 nitrogen and oxygen atoms in total. The van der Waals surface area contributed by atoms with E-state index >= 15 is 0 Å². The molecule has 0 saturated heterocycles. The molecule has 0 atom stereocenters. The van der Waals surface area contributed by atoms with Gasteiger partial charge in [0, 0.05) is 22.3 Å². The van der Waals surface area contributed by atoms with Crippen LogP contribution in [0.4, 0.5) is 5.69 Å². The van der Waals surface area contributed by atoms with E-state index in [0.29, 0.717) is 16.4 Å². The molecule has 0 saturated carbocycles. The monoisotopic (exact) mass is 353 g/mol. The van der Waals surface area contributed by atoms with Crippen LogP contribution in [-0.4, -0.2) is 15.7 Å². The van der Waals surface area contributed by atoms with Gasteiger partial charge in [-0.25, -0.2) is 4.68 Å². The molecule has 0 aliphatic heterocycles. The van der Waals surface area contributed by atoms with E-state index in [-0.39, 0.29) is 18.0 Å². The highest BCUT2D eigenvalue weighted by Crippen LogP contribution is 2.16. The summed E-state index contributed by atoms with van der Waals surface area (Å²) in [4.78, 5) is 24.2. The molecule has 0 unspecified atom stereocenters. The van der Waals surface area contributed by atoms with Gasteiger partial charge in [-0.2, -0.15) is 5.10 Å². The van der Waals surface area contributed by atoms with Gasteiger partial charge in [0.2, 0.25) is 5.91 Å². The van der Waals surface area contributed by atoms with E-state index in [1.54, 1.807) is 30.3 Å². The Morgan fingerprint density at radius 1 is 1.04 bits per heavy atom. The maximum atomic E-state index is 12.2. The quantitative estimate of drug-likeness (QED) is 0.780. The first-order valence-electron chi connectivity index (χ1n) is 7.72. The number of nitrogens with zero attached hydrogens (tertiary/aromatic N) is 2. The number of halogens is 1. The van der Waals surface area contributed by atoms with Gasteiger partial charge in [0.15, 0.2) is 0 Å². The number of rotatable bonds is 4. The van der Waals surface area contributed by atoms with Crippen LogP contribution in [0, 0.1) is 6.92 Å². The van der Waals surface area contributed by atoms with E-state index in [4.69, 9.17) is 11.6 Å². The molecular weight excluding hydrogens is 338 g/mol. The SMILES string of the molecule is Cc1ccc(-c2ccc(=O)n(CC(=O)Nc3ccc(Cl)cc3)n2)cc1. The fraction of sp³-hybridized carbons (Fsp3) is 0.105. The van der Waals surface area contributed by atoms with Crippen molar-refractivity contribution < 1.29 is 4.79 Å². The summed E-state index contributed by atoms with van der Waals surface area (Å²) >= 11 is 5.82. The number of aromatic nitrogens is 2. The molecule has 25 heavy (non-hydrogen) atoms. The fourth-order valence-electron chi connectivity index (χ4n) is 2.31. The lowest BCUT2D eigenvalue weighted by atomic mass is 10.1. The Bertz CT molecular complexity index is 948. The van der Waals surface area contributed by atoms with E-state index < -0.39 is 0 Å². The summed E-state index contributed by atoms with van der Waals surface area (Å²) in [6, 6.07) is 17.6. The van der Waals surface area contributed by atoms with E-state index in [2.05, 4.69) is 10.4 Å². The summed E-state index contributed by atoms with van der Waals surface area (Å²) in [5.41, 5.74) is 2.94. The summed E-state index contributed by atoms with van der Waals surface area (Å²) in [7, 11) is 0.